The second kappa shape index (κ2) is 7.71. The van der Waals surface area contributed by atoms with E-state index in [9.17, 15) is 14.8 Å². The lowest BCUT2D eigenvalue weighted by atomic mass is 9.81. The van der Waals surface area contributed by atoms with Gasteiger partial charge >= 0.3 is 0 Å². The standard InChI is InChI=1S/C26H27N3O4/c30-24(28-32)20-14-26(9-10-26)15-27-23(20)25(31)29-11-7-16(8-12-29)17-5-6-22-19(13-17)18-3-1-2-4-21(18)33-22/h1-7,13,20,23,27,32H,8-12,14-15H2,(H,28,30)/t20-,23-/m0/s1. The summed E-state index contributed by atoms with van der Waals surface area (Å²) < 4.78 is 5.94. The van der Waals surface area contributed by atoms with Gasteiger partial charge in [0.25, 0.3) is 0 Å². The number of nitrogens with one attached hydrogen (secondary N) is 2. The van der Waals surface area contributed by atoms with Crippen molar-refractivity contribution in [2.75, 3.05) is 19.6 Å². The van der Waals surface area contributed by atoms with Crippen LogP contribution in [0.15, 0.2) is 53.0 Å². The third-order valence-electron chi connectivity index (χ3n) is 7.69. The summed E-state index contributed by atoms with van der Waals surface area (Å²) >= 11 is 0. The average molecular weight is 446 g/mol. The van der Waals surface area contributed by atoms with Crippen LogP contribution < -0.4 is 10.8 Å². The number of amides is 2. The average Bonchev–Trinajstić information content (AvgIpc) is 3.51. The van der Waals surface area contributed by atoms with Crippen molar-refractivity contribution in [1.82, 2.24) is 15.7 Å². The molecule has 2 atom stereocenters. The maximum atomic E-state index is 13.3. The Hall–Kier alpha value is -3.16. The lowest BCUT2D eigenvalue weighted by Gasteiger charge is -2.38. The molecule has 1 aliphatic carbocycles. The molecule has 3 aromatic rings. The fourth-order valence-electron chi connectivity index (χ4n) is 5.52. The first-order valence-electron chi connectivity index (χ1n) is 11.6. The predicted molar refractivity (Wildman–Crippen MR) is 124 cm³/mol. The Labute approximate surface area is 191 Å². The highest BCUT2D eigenvalue weighted by Crippen LogP contribution is 2.52. The van der Waals surface area contributed by atoms with Crippen molar-refractivity contribution in [3.8, 4) is 0 Å². The molecule has 1 saturated carbocycles. The molecule has 2 fully saturated rings. The molecule has 0 radical (unpaired) electrons. The normalized spacial score (nSPS) is 24.2. The summed E-state index contributed by atoms with van der Waals surface area (Å²) in [6.07, 6.45) is 5.65. The van der Waals surface area contributed by atoms with Crippen LogP contribution in [-0.2, 0) is 9.59 Å². The van der Waals surface area contributed by atoms with Gasteiger partial charge in [0.2, 0.25) is 11.8 Å². The summed E-state index contributed by atoms with van der Waals surface area (Å²) in [6.45, 7) is 1.87. The number of hydrogen-bond donors (Lipinski definition) is 3. The quantitative estimate of drug-likeness (QED) is 0.424. The molecular formula is C26H27N3O4. The monoisotopic (exact) mass is 445 g/mol. The number of hydroxylamine groups is 1. The summed E-state index contributed by atoms with van der Waals surface area (Å²) in [5.41, 5.74) is 6.01. The van der Waals surface area contributed by atoms with Gasteiger partial charge < -0.3 is 14.6 Å². The van der Waals surface area contributed by atoms with E-state index < -0.39 is 17.9 Å². The van der Waals surface area contributed by atoms with Crippen LogP contribution in [-0.4, -0.2) is 47.6 Å². The first-order chi connectivity index (χ1) is 16.1. The van der Waals surface area contributed by atoms with E-state index in [1.807, 2.05) is 29.2 Å². The van der Waals surface area contributed by atoms with Gasteiger partial charge in [0.05, 0.1) is 12.0 Å². The van der Waals surface area contributed by atoms with E-state index in [2.05, 4.69) is 29.6 Å². The lowest BCUT2D eigenvalue weighted by molar-refractivity contribution is -0.144. The number of hydrogen-bond acceptors (Lipinski definition) is 5. The van der Waals surface area contributed by atoms with Crippen molar-refractivity contribution in [3.63, 3.8) is 0 Å². The molecule has 1 saturated heterocycles. The van der Waals surface area contributed by atoms with Crippen LogP contribution in [0, 0.1) is 11.3 Å². The highest BCUT2D eigenvalue weighted by Gasteiger charge is 2.52. The zero-order valence-corrected chi connectivity index (χ0v) is 18.3. The van der Waals surface area contributed by atoms with Gasteiger partial charge in [0.15, 0.2) is 0 Å². The zero-order valence-electron chi connectivity index (χ0n) is 18.3. The Bertz CT molecular complexity index is 1290. The number of rotatable bonds is 3. The second-order valence-corrected chi connectivity index (χ2v) is 9.72. The van der Waals surface area contributed by atoms with Crippen LogP contribution in [0.1, 0.15) is 31.2 Å². The topological polar surface area (TPSA) is 94.8 Å². The Morgan fingerprint density at radius 1 is 1.12 bits per heavy atom. The Morgan fingerprint density at radius 2 is 1.94 bits per heavy atom. The van der Waals surface area contributed by atoms with Crippen LogP contribution in [0.3, 0.4) is 0 Å². The number of nitrogens with zero attached hydrogens (tertiary/aromatic N) is 1. The third kappa shape index (κ3) is 3.52. The second-order valence-electron chi connectivity index (χ2n) is 9.72. The molecule has 3 N–H and O–H groups in total. The van der Waals surface area contributed by atoms with E-state index in [4.69, 9.17) is 4.42 Å². The summed E-state index contributed by atoms with van der Waals surface area (Å²) in [5, 5.41) is 14.7. The Morgan fingerprint density at radius 3 is 2.70 bits per heavy atom. The molecule has 1 aromatic heterocycles. The van der Waals surface area contributed by atoms with E-state index in [0.29, 0.717) is 19.5 Å². The van der Waals surface area contributed by atoms with Crippen molar-refractivity contribution in [1.29, 1.82) is 0 Å². The Kier molecular flexibility index (Phi) is 4.78. The van der Waals surface area contributed by atoms with Crippen molar-refractivity contribution in [2.45, 2.75) is 31.7 Å². The van der Waals surface area contributed by atoms with E-state index in [1.165, 1.54) is 5.57 Å². The number of carbonyl (C=O) groups excluding carboxylic acids is 2. The number of fused-ring (bicyclic) bond motifs is 3. The molecule has 0 unspecified atom stereocenters. The molecule has 3 aliphatic rings. The van der Waals surface area contributed by atoms with Gasteiger partial charge in [-0.3, -0.25) is 14.8 Å². The van der Waals surface area contributed by atoms with Crippen LogP contribution in [0.4, 0.5) is 0 Å². The SMILES string of the molecule is O=C(NO)[C@H]1CC2(CC2)CN[C@@H]1C(=O)N1CC=C(c2ccc3oc4ccccc4c3c2)CC1. The summed E-state index contributed by atoms with van der Waals surface area (Å²) in [4.78, 5) is 27.4. The maximum absolute atomic E-state index is 13.3. The smallest absolute Gasteiger partial charge is 0.248 e. The number of para-hydroxylation sites is 1. The van der Waals surface area contributed by atoms with Crippen molar-refractivity contribution < 1.29 is 19.2 Å². The number of piperidine rings is 1. The lowest BCUT2D eigenvalue weighted by Crippen LogP contribution is -2.59. The van der Waals surface area contributed by atoms with Crippen LogP contribution in [0.2, 0.25) is 0 Å². The molecule has 7 nitrogen and oxygen atoms in total. The van der Waals surface area contributed by atoms with Gasteiger partial charge in [-0.2, -0.15) is 0 Å². The molecule has 2 amide bonds. The van der Waals surface area contributed by atoms with Gasteiger partial charge in [-0.15, -0.1) is 0 Å². The fraction of sp³-hybridized carbons (Fsp3) is 0.385. The van der Waals surface area contributed by atoms with Gasteiger partial charge in [0.1, 0.15) is 11.2 Å². The van der Waals surface area contributed by atoms with Gasteiger partial charge in [-0.25, -0.2) is 5.48 Å². The van der Waals surface area contributed by atoms with E-state index in [1.54, 1.807) is 5.48 Å². The first-order valence-corrected chi connectivity index (χ1v) is 11.6. The molecule has 2 aliphatic heterocycles. The van der Waals surface area contributed by atoms with Crippen LogP contribution in [0.25, 0.3) is 27.5 Å². The molecule has 170 valence electrons. The molecule has 0 bridgehead atoms. The minimum Gasteiger partial charge on any atom is -0.456 e. The number of furan rings is 1. The summed E-state index contributed by atoms with van der Waals surface area (Å²) in [7, 11) is 0. The first kappa shape index (κ1) is 20.4. The number of carbonyl (C=O) groups is 2. The molecular weight excluding hydrogens is 418 g/mol. The molecule has 6 rings (SSSR count). The minimum atomic E-state index is -0.591. The van der Waals surface area contributed by atoms with E-state index in [-0.39, 0.29) is 11.3 Å². The molecule has 33 heavy (non-hydrogen) atoms. The van der Waals surface area contributed by atoms with Gasteiger partial charge in [-0.05, 0) is 60.4 Å². The largest absolute Gasteiger partial charge is 0.456 e. The molecule has 2 aromatic carbocycles. The van der Waals surface area contributed by atoms with Gasteiger partial charge in [0, 0.05) is 30.4 Å². The van der Waals surface area contributed by atoms with Crippen molar-refractivity contribution in [3.05, 3.63) is 54.1 Å². The molecule has 1 spiro atoms. The summed E-state index contributed by atoms with van der Waals surface area (Å²) in [6, 6.07) is 13.7. The minimum absolute atomic E-state index is 0.0642. The highest BCUT2D eigenvalue weighted by atomic mass is 16.5. The van der Waals surface area contributed by atoms with Crippen molar-refractivity contribution >= 4 is 39.3 Å². The maximum Gasteiger partial charge on any atom is 0.248 e. The van der Waals surface area contributed by atoms with E-state index >= 15 is 0 Å². The zero-order chi connectivity index (χ0) is 22.6. The van der Waals surface area contributed by atoms with Crippen molar-refractivity contribution in [2.24, 2.45) is 11.3 Å². The summed E-state index contributed by atoms with van der Waals surface area (Å²) in [5.74, 6) is -1.08. The number of benzene rings is 2. The fourth-order valence-corrected chi connectivity index (χ4v) is 5.52. The Balaban J connectivity index is 1.21. The highest BCUT2D eigenvalue weighted by molar-refractivity contribution is 6.05. The molecule has 7 heteroatoms. The third-order valence-corrected chi connectivity index (χ3v) is 7.69. The van der Waals surface area contributed by atoms with Crippen LogP contribution in [0.5, 0.6) is 0 Å². The van der Waals surface area contributed by atoms with Crippen LogP contribution >= 0.6 is 0 Å². The molecule has 3 heterocycles. The van der Waals surface area contributed by atoms with E-state index in [0.717, 1.165) is 53.3 Å². The van der Waals surface area contributed by atoms with Gasteiger partial charge in [-0.1, -0.05) is 30.3 Å². The predicted octanol–water partition coefficient (Wildman–Crippen LogP) is 3.47.